The van der Waals surface area contributed by atoms with Crippen LogP contribution in [0.3, 0.4) is 0 Å². The van der Waals surface area contributed by atoms with Gasteiger partial charge < -0.3 is 16.4 Å². The number of nitrogens with two attached hydrogens (primary N) is 1. The summed E-state index contributed by atoms with van der Waals surface area (Å²) in [6.45, 7) is 2.73. The molecule has 2 aromatic rings. The highest BCUT2D eigenvalue weighted by Crippen LogP contribution is 2.15. The van der Waals surface area contributed by atoms with Gasteiger partial charge in [0.1, 0.15) is 0 Å². The standard InChI is InChI=1S/C19H22N4O2/c20-19(25)22-16-8-6-15(7-9-16)18(24)21-17-10-11-23(13-17)12-14-4-2-1-3-5-14/h1-9,17H,10-13H2,(H,21,24)(H3,20,22,25). The van der Waals surface area contributed by atoms with Gasteiger partial charge in [-0.25, -0.2) is 4.79 Å². The first-order valence-corrected chi connectivity index (χ1v) is 8.34. The van der Waals surface area contributed by atoms with Gasteiger partial charge in [0.25, 0.3) is 5.91 Å². The lowest BCUT2D eigenvalue weighted by Crippen LogP contribution is -2.37. The molecule has 1 saturated heterocycles. The largest absolute Gasteiger partial charge is 0.351 e. The fraction of sp³-hybridized carbons (Fsp3) is 0.263. The van der Waals surface area contributed by atoms with E-state index in [0.29, 0.717) is 11.3 Å². The minimum atomic E-state index is -0.623. The van der Waals surface area contributed by atoms with Gasteiger partial charge in [0, 0.05) is 36.9 Å². The summed E-state index contributed by atoms with van der Waals surface area (Å²) in [5.74, 6) is -0.0998. The number of nitrogens with zero attached hydrogens (tertiary/aromatic N) is 1. The third kappa shape index (κ3) is 4.81. The second kappa shape index (κ2) is 7.81. The highest BCUT2D eigenvalue weighted by atomic mass is 16.2. The van der Waals surface area contributed by atoms with Gasteiger partial charge in [-0.15, -0.1) is 0 Å². The van der Waals surface area contributed by atoms with Crippen LogP contribution < -0.4 is 16.4 Å². The van der Waals surface area contributed by atoms with Crippen molar-refractivity contribution >= 4 is 17.6 Å². The Balaban J connectivity index is 1.51. The van der Waals surface area contributed by atoms with E-state index < -0.39 is 6.03 Å². The third-order valence-corrected chi connectivity index (χ3v) is 4.27. The minimum Gasteiger partial charge on any atom is -0.351 e. The van der Waals surface area contributed by atoms with E-state index in [1.165, 1.54) is 5.56 Å². The fourth-order valence-corrected chi connectivity index (χ4v) is 3.05. The number of primary amides is 1. The van der Waals surface area contributed by atoms with Crippen molar-refractivity contribution in [3.05, 3.63) is 65.7 Å². The number of carbonyl (C=O) groups is 2. The SMILES string of the molecule is NC(=O)Nc1ccc(C(=O)NC2CCN(Cc3ccccc3)C2)cc1. The summed E-state index contributed by atoms with van der Waals surface area (Å²) >= 11 is 0. The van der Waals surface area contributed by atoms with Crippen LogP contribution in [-0.2, 0) is 6.54 Å². The van der Waals surface area contributed by atoms with Crippen LogP contribution >= 0.6 is 0 Å². The van der Waals surface area contributed by atoms with E-state index in [1.54, 1.807) is 24.3 Å². The molecule has 25 heavy (non-hydrogen) atoms. The predicted octanol–water partition coefficient (Wildman–Crippen LogP) is 2.18. The molecule has 6 nitrogen and oxygen atoms in total. The van der Waals surface area contributed by atoms with Crippen molar-refractivity contribution in [3.8, 4) is 0 Å². The van der Waals surface area contributed by atoms with Crippen molar-refractivity contribution in [2.75, 3.05) is 18.4 Å². The third-order valence-electron chi connectivity index (χ3n) is 4.27. The van der Waals surface area contributed by atoms with Gasteiger partial charge in [-0.1, -0.05) is 30.3 Å². The minimum absolute atomic E-state index is 0.0998. The van der Waals surface area contributed by atoms with Gasteiger partial charge in [-0.05, 0) is 36.2 Å². The van der Waals surface area contributed by atoms with Crippen LogP contribution in [0.2, 0.25) is 0 Å². The maximum atomic E-state index is 12.4. The van der Waals surface area contributed by atoms with Gasteiger partial charge in [0.05, 0.1) is 0 Å². The van der Waals surface area contributed by atoms with Gasteiger partial charge in [-0.3, -0.25) is 9.69 Å². The zero-order chi connectivity index (χ0) is 17.6. The molecule has 0 aliphatic carbocycles. The summed E-state index contributed by atoms with van der Waals surface area (Å²) in [5.41, 5.74) is 7.48. The molecule has 1 unspecified atom stereocenters. The molecular weight excluding hydrogens is 316 g/mol. The summed E-state index contributed by atoms with van der Waals surface area (Å²) < 4.78 is 0. The maximum absolute atomic E-state index is 12.4. The highest BCUT2D eigenvalue weighted by molar-refractivity contribution is 5.95. The van der Waals surface area contributed by atoms with E-state index in [2.05, 4.69) is 27.7 Å². The molecule has 0 aromatic heterocycles. The first-order chi connectivity index (χ1) is 12.1. The van der Waals surface area contributed by atoms with Gasteiger partial charge in [-0.2, -0.15) is 0 Å². The van der Waals surface area contributed by atoms with Gasteiger partial charge >= 0.3 is 6.03 Å². The Labute approximate surface area is 147 Å². The lowest BCUT2D eigenvalue weighted by Gasteiger charge is -2.17. The number of nitrogens with one attached hydrogen (secondary N) is 2. The Hall–Kier alpha value is -2.86. The number of benzene rings is 2. The maximum Gasteiger partial charge on any atom is 0.316 e. The Kier molecular flexibility index (Phi) is 5.30. The van der Waals surface area contributed by atoms with E-state index in [4.69, 9.17) is 5.73 Å². The molecule has 3 rings (SSSR count). The fourth-order valence-electron chi connectivity index (χ4n) is 3.05. The average Bonchev–Trinajstić information content (AvgIpc) is 3.02. The molecule has 1 aliphatic heterocycles. The van der Waals surface area contributed by atoms with Crippen molar-refractivity contribution in [1.29, 1.82) is 0 Å². The number of rotatable bonds is 5. The smallest absolute Gasteiger partial charge is 0.316 e. The van der Waals surface area contributed by atoms with Crippen LogP contribution in [0.25, 0.3) is 0 Å². The van der Waals surface area contributed by atoms with Crippen LogP contribution in [-0.4, -0.2) is 36.0 Å². The summed E-state index contributed by atoms with van der Waals surface area (Å²) in [6.07, 6.45) is 0.944. The van der Waals surface area contributed by atoms with Crippen LogP contribution in [0.15, 0.2) is 54.6 Å². The van der Waals surface area contributed by atoms with Crippen molar-refractivity contribution in [2.24, 2.45) is 5.73 Å². The molecule has 1 atom stereocenters. The quantitative estimate of drug-likeness (QED) is 0.781. The number of hydrogen-bond donors (Lipinski definition) is 3. The van der Waals surface area contributed by atoms with Gasteiger partial charge in [0.15, 0.2) is 0 Å². The summed E-state index contributed by atoms with van der Waals surface area (Å²) in [7, 11) is 0. The molecule has 130 valence electrons. The average molecular weight is 338 g/mol. The highest BCUT2D eigenvalue weighted by Gasteiger charge is 2.24. The molecule has 1 fully saturated rings. The second-order valence-electron chi connectivity index (χ2n) is 6.25. The Morgan fingerprint density at radius 2 is 1.80 bits per heavy atom. The van der Waals surface area contributed by atoms with E-state index >= 15 is 0 Å². The van der Waals surface area contributed by atoms with Crippen molar-refractivity contribution in [1.82, 2.24) is 10.2 Å². The first-order valence-electron chi connectivity index (χ1n) is 8.34. The molecule has 0 saturated carbocycles. The number of likely N-dealkylation sites (tertiary alicyclic amines) is 1. The predicted molar refractivity (Wildman–Crippen MR) is 97.2 cm³/mol. The van der Waals surface area contributed by atoms with Crippen LogP contribution in [0.5, 0.6) is 0 Å². The Bertz CT molecular complexity index is 731. The molecule has 0 bridgehead atoms. The molecule has 0 radical (unpaired) electrons. The van der Waals surface area contributed by atoms with E-state index in [9.17, 15) is 9.59 Å². The molecular formula is C19H22N4O2. The van der Waals surface area contributed by atoms with Crippen LogP contribution in [0, 0.1) is 0 Å². The molecule has 0 spiro atoms. The summed E-state index contributed by atoms with van der Waals surface area (Å²) in [4.78, 5) is 25.5. The van der Waals surface area contributed by atoms with Crippen molar-refractivity contribution in [2.45, 2.75) is 19.0 Å². The number of hydrogen-bond acceptors (Lipinski definition) is 3. The van der Waals surface area contributed by atoms with Crippen molar-refractivity contribution < 1.29 is 9.59 Å². The molecule has 1 heterocycles. The van der Waals surface area contributed by atoms with E-state index in [1.807, 2.05) is 18.2 Å². The molecule has 2 aromatic carbocycles. The molecule has 1 aliphatic rings. The topological polar surface area (TPSA) is 87.5 Å². The lowest BCUT2D eigenvalue weighted by molar-refractivity contribution is 0.0937. The molecule has 3 amide bonds. The summed E-state index contributed by atoms with van der Waals surface area (Å²) in [5, 5.41) is 5.55. The Morgan fingerprint density at radius 1 is 1.08 bits per heavy atom. The summed E-state index contributed by atoms with van der Waals surface area (Å²) in [6, 6.07) is 16.5. The number of amides is 3. The zero-order valence-corrected chi connectivity index (χ0v) is 13.9. The normalized spacial score (nSPS) is 17.2. The zero-order valence-electron chi connectivity index (χ0n) is 13.9. The monoisotopic (exact) mass is 338 g/mol. The first kappa shape index (κ1) is 17.0. The second-order valence-corrected chi connectivity index (χ2v) is 6.25. The van der Waals surface area contributed by atoms with Crippen LogP contribution in [0.4, 0.5) is 10.5 Å². The molecule has 6 heteroatoms. The lowest BCUT2D eigenvalue weighted by atomic mass is 10.1. The number of carbonyl (C=O) groups excluding carboxylic acids is 2. The van der Waals surface area contributed by atoms with E-state index in [-0.39, 0.29) is 11.9 Å². The van der Waals surface area contributed by atoms with Gasteiger partial charge in [0.2, 0.25) is 0 Å². The van der Waals surface area contributed by atoms with E-state index in [0.717, 1.165) is 26.1 Å². The van der Waals surface area contributed by atoms with Crippen molar-refractivity contribution in [3.63, 3.8) is 0 Å². The molecule has 4 N–H and O–H groups in total. The van der Waals surface area contributed by atoms with Crippen LogP contribution in [0.1, 0.15) is 22.3 Å². The number of urea groups is 1. The Morgan fingerprint density at radius 3 is 2.48 bits per heavy atom. The number of anilines is 1.